The van der Waals surface area contributed by atoms with Crippen LogP contribution in [0.15, 0.2) is 0 Å². The molecule has 1 aliphatic carbocycles. The summed E-state index contributed by atoms with van der Waals surface area (Å²) in [4.78, 5) is 0. The fourth-order valence-corrected chi connectivity index (χ4v) is 3.78. The maximum Gasteiger partial charge on any atom is 0.00671 e. The molecule has 1 atom stereocenters. The molecule has 0 spiro atoms. The van der Waals surface area contributed by atoms with E-state index in [1.807, 2.05) is 0 Å². The third kappa shape index (κ3) is 10.3. The zero-order chi connectivity index (χ0) is 15.2. The van der Waals surface area contributed by atoms with Crippen LogP contribution in [0.2, 0.25) is 0 Å². The summed E-state index contributed by atoms with van der Waals surface area (Å²) in [6, 6.07) is 0.807. The van der Waals surface area contributed by atoms with E-state index in [1.165, 1.54) is 103 Å². The summed E-state index contributed by atoms with van der Waals surface area (Å²) in [5.74, 6) is 1.06. The van der Waals surface area contributed by atoms with Crippen LogP contribution in [0.4, 0.5) is 0 Å². The van der Waals surface area contributed by atoms with Crippen molar-refractivity contribution in [2.45, 2.75) is 116 Å². The molecule has 0 aliphatic heterocycles. The molecule has 0 aromatic heterocycles. The topological polar surface area (TPSA) is 12.0 Å². The number of nitrogens with one attached hydrogen (secondary N) is 1. The van der Waals surface area contributed by atoms with Crippen molar-refractivity contribution in [3.8, 4) is 0 Å². The maximum absolute atomic E-state index is 3.80. The molecule has 1 fully saturated rings. The predicted molar refractivity (Wildman–Crippen MR) is 95.9 cm³/mol. The van der Waals surface area contributed by atoms with E-state index in [0.717, 1.165) is 12.0 Å². The molecule has 0 amide bonds. The lowest BCUT2D eigenvalue weighted by Gasteiger charge is -2.20. The number of hydrogen-bond acceptors (Lipinski definition) is 1. The van der Waals surface area contributed by atoms with Gasteiger partial charge in [-0.3, -0.25) is 0 Å². The molecule has 1 rings (SSSR count). The van der Waals surface area contributed by atoms with Crippen molar-refractivity contribution in [2.75, 3.05) is 6.54 Å². The van der Waals surface area contributed by atoms with Crippen molar-refractivity contribution in [1.82, 2.24) is 5.32 Å². The Balaban J connectivity index is 2.04. The van der Waals surface area contributed by atoms with Crippen molar-refractivity contribution in [2.24, 2.45) is 5.92 Å². The molecule has 0 radical (unpaired) electrons. The van der Waals surface area contributed by atoms with Gasteiger partial charge in [0, 0.05) is 6.04 Å². The van der Waals surface area contributed by atoms with E-state index in [1.54, 1.807) is 0 Å². The van der Waals surface area contributed by atoms with Gasteiger partial charge in [0.1, 0.15) is 0 Å². The first-order valence-corrected chi connectivity index (χ1v) is 10.1. The van der Waals surface area contributed by atoms with Gasteiger partial charge in [-0.2, -0.15) is 0 Å². The Morgan fingerprint density at radius 2 is 1.48 bits per heavy atom. The third-order valence-electron chi connectivity index (χ3n) is 5.24. The molecule has 1 aliphatic rings. The molecule has 0 aromatic carbocycles. The van der Waals surface area contributed by atoms with Crippen molar-refractivity contribution in [3.63, 3.8) is 0 Å². The van der Waals surface area contributed by atoms with Crippen LogP contribution >= 0.6 is 0 Å². The minimum absolute atomic E-state index is 0.807. The highest BCUT2D eigenvalue weighted by molar-refractivity contribution is 4.73. The molecule has 0 heterocycles. The summed E-state index contributed by atoms with van der Waals surface area (Å²) in [6.07, 6.45) is 21.7. The number of hydrogen-bond donors (Lipinski definition) is 1. The van der Waals surface area contributed by atoms with Crippen LogP contribution in [0.25, 0.3) is 0 Å². The second kappa shape index (κ2) is 13.6. The van der Waals surface area contributed by atoms with Crippen LogP contribution in [0.1, 0.15) is 110 Å². The molecule has 1 nitrogen and oxygen atoms in total. The molecule has 1 saturated carbocycles. The molecule has 1 heteroatoms. The van der Waals surface area contributed by atoms with Gasteiger partial charge in [-0.25, -0.2) is 0 Å². The summed E-state index contributed by atoms with van der Waals surface area (Å²) < 4.78 is 0. The SMILES string of the molecule is CCCCCCCCCC(CCC1CCCC1)NCCC. The molecule has 1 unspecified atom stereocenters. The van der Waals surface area contributed by atoms with Gasteiger partial charge in [-0.1, -0.05) is 84.5 Å². The molecule has 0 saturated heterocycles. The van der Waals surface area contributed by atoms with Gasteiger partial charge in [0.25, 0.3) is 0 Å². The molecule has 0 bridgehead atoms. The Morgan fingerprint density at radius 1 is 0.810 bits per heavy atom. The lowest BCUT2D eigenvalue weighted by atomic mass is 9.95. The average Bonchev–Trinajstić information content (AvgIpc) is 3.01. The Labute approximate surface area is 134 Å². The van der Waals surface area contributed by atoms with Gasteiger partial charge in [0.2, 0.25) is 0 Å². The Morgan fingerprint density at radius 3 is 2.14 bits per heavy atom. The van der Waals surface area contributed by atoms with Crippen molar-refractivity contribution in [1.29, 1.82) is 0 Å². The van der Waals surface area contributed by atoms with E-state index in [0.29, 0.717) is 0 Å². The summed E-state index contributed by atoms with van der Waals surface area (Å²) in [5.41, 5.74) is 0. The van der Waals surface area contributed by atoms with Gasteiger partial charge < -0.3 is 5.32 Å². The minimum Gasteiger partial charge on any atom is -0.314 e. The fourth-order valence-electron chi connectivity index (χ4n) is 3.78. The van der Waals surface area contributed by atoms with Gasteiger partial charge in [0.05, 0.1) is 0 Å². The summed E-state index contributed by atoms with van der Waals surface area (Å²) in [5, 5.41) is 3.80. The Bertz CT molecular complexity index is 208. The number of unbranched alkanes of at least 4 members (excludes halogenated alkanes) is 6. The van der Waals surface area contributed by atoms with Crippen molar-refractivity contribution in [3.05, 3.63) is 0 Å². The van der Waals surface area contributed by atoms with Crippen molar-refractivity contribution < 1.29 is 0 Å². The first kappa shape index (κ1) is 19.0. The van der Waals surface area contributed by atoms with Crippen LogP contribution in [-0.2, 0) is 0 Å². The second-order valence-corrected chi connectivity index (χ2v) is 7.29. The monoisotopic (exact) mass is 295 g/mol. The number of rotatable bonds is 14. The smallest absolute Gasteiger partial charge is 0.00671 e. The van der Waals surface area contributed by atoms with Gasteiger partial charge in [0.15, 0.2) is 0 Å². The van der Waals surface area contributed by atoms with E-state index < -0.39 is 0 Å². The molecular formula is C20H41N. The van der Waals surface area contributed by atoms with Crippen LogP contribution in [0.5, 0.6) is 0 Å². The van der Waals surface area contributed by atoms with Gasteiger partial charge in [-0.15, -0.1) is 0 Å². The Kier molecular flexibility index (Phi) is 12.3. The van der Waals surface area contributed by atoms with Gasteiger partial charge in [-0.05, 0) is 38.1 Å². The highest BCUT2D eigenvalue weighted by Crippen LogP contribution is 2.29. The van der Waals surface area contributed by atoms with Crippen LogP contribution in [-0.4, -0.2) is 12.6 Å². The zero-order valence-corrected chi connectivity index (χ0v) is 15.0. The van der Waals surface area contributed by atoms with E-state index in [2.05, 4.69) is 19.2 Å². The average molecular weight is 296 g/mol. The normalized spacial score (nSPS) is 17.4. The van der Waals surface area contributed by atoms with Crippen LogP contribution < -0.4 is 5.32 Å². The second-order valence-electron chi connectivity index (χ2n) is 7.29. The Hall–Kier alpha value is -0.0400. The minimum atomic E-state index is 0.807. The van der Waals surface area contributed by atoms with E-state index in [9.17, 15) is 0 Å². The highest BCUT2D eigenvalue weighted by Gasteiger charge is 2.17. The maximum atomic E-state index is 3.80. The largest absolute Gasteiger partial charge is 0.314 e. The molecular weight excluding hydrogens is 254 g/mol. The highest BCUT2D eigenvalue weighted by atomic mass is 14.9. The van der Waals surface area contributed by atoms with E-state index in [-0.39, 0.29) is 0 Å². The third-order valence-corrected chi connectivity index (χ3v) is 5.24. The molecule has 0 aromatic rings. The van der Waals surface area contributed by atoms with Gasteiger partial charge >= 0.3 is 0 Å². The molecule has 1 N–H and O–H groups in total. The summed E-state index contributed by atoms with van der Waals surface area (Å²) >= 11 is 0. The molecule has 21 heavy (non-hydrogen) atoms. The fraction of sp³-hybridized carbons (Fsp3) is 1.00. The standard InChI is InChI=1S/C20H41N/c1-3-5-6-7-8-9-10-15-20(21-18-4-2)17-16-19-13-11-12-14-19/h19-21H,3-18H2,1-2H3. The first-order valence-electron chi connectivity index (χ1n) is 10.1. The summed E-state index contributed by atoms with van der Waals surface area (Å²) in [7, 11) is 0. The first-order chi connectivity index (χ1) is 10.4. The van der Waals surface area contributed by atoms with Crippen LogP contribution in [0, 0.1) is 5.92 Å². The predicted octanol–water partition coefficient (Wildman–Crippen LogP) is 6.47. The van der Waals surface area contributed by atoms with E-state index >= 15 is 0 Å². The zero-order valence-electron chi connectivity index (χ0n) is 15.0. The van der Waals surface area contributed by atoms with Crippen molar-refractivity contribution >= 4 is 0 Å². The lowest BCUT2D eigenvalue weighted by molar-refractivity contribution is 0.379. The quantitative estimate of drug-likeness (QED) is 0.362. The van der Waals surface area contributed by atoms with E-state index in [4.69, 9.17) is 0 Å². The lowest BCUT2D eigenvalue weighted by Crippen LogP contribution is -2.30. The summed E-state index contributed by atoms with van der Waals surface area (Å²) in [6.45, 7) is 5.80. The molecule has 126 valence electrons. The van der Waals surface area contributed by atoms with Crippen LogP contribution in [0.3, 0.4) is 0 Å².